The van der Waals surface area contributed by atoms with Crippen molar-refractivity contribution >= 4 is 0 Å². The van der Waals surface area contributed by atoms with Gasteiger partial charge in [0.2, 0.25) is 0 Å². The van der Waals surface area contributed by atoms with E-state index < -0.39 is 0 Å². The molecular formula is C16H16O3. The first-order valence-corrected chi connectivity index (χ1v) is 6.03. The number of rotatable bonds is 6. The maximum Gasteiger partial charge on any atom is 0.161 e. The standard InChI is InChI=1S/C16H16O3/c1-2-11-18-14-9-7-13(8-10-14)12-19-16-6-4-3-5-15(16)17/h2-10,17H,1,11-12H2. The highest BCUT2D eigenvalue weighted by atomic mass is 16.5. The molecule has 0 aliphatic heterocycles. The van der Waals surface area contributed by atoms with Crippen LogP contribution in [0.5, 0.6) is 17.2 Å². The summed E-state index contributed by atoms with van der Waals surface area (Å²) in [5.74, 6) is 1.43. The Hall–Kier alpha value is -2.42. The van der Waals surface area contributed by atoms with Gasteiger partial charge in [-0.3, -0.25) is 0 Å². The lowest BCUT2D eigenvalue weighted by atomic mass is 10.2. The van der Waals surface area contributed by atoms with Crippen LogP contribution in [0.4, 0.5) is 0 Å². The van der Waals surface area contributed by atoms with Gasteiger partial charge in [0, 0.05) is 0 Å². The highest BCUT2D eigenvalue weighted by Gasteiger charge is 2.01. The Morgan fingerprint density at radius 1 is 1.00 bits per heavy atom. The van der Waals surface area contributed by atoms with Crippen molar-refractivity contribution in [2.45, 2.75) is 6.61 Å². The van der Waals surface area contributed by atoms with E-state index in [0.717, 1.165) is 11.3 Å². The number of ether oxygens (including phenoxy) is 2. The van der Waals surface area contributed by atoms with Gasteiger partial charge in [-0.1, -0.05) is 36.9 Å². The summed E-state index contributed by atoms with van der Waals surface area (Å²) >= 11 is 0. The van der Waals surface area contributed by atoms with Gasteiger partial charge in [0.15, 0.2) is 11.5 Å². The number of phenolic OH excluding ortho intramolecular Hbond substituents is 1. The second-order valence-electron chi connectivity index (χ2n) is 4.00. The molecule has 0 unspecified atom stereocenters. The van der Waals surface area contributed by atoms with Crippen molar-refractivity contribution in [1.29, 1.82) is 0 Å². The van der Waals surface area contributed by atoms with E-state index in [1.807, 2.05) is 30.3 Å². The molecule has 0 heterocycles. The van der Waals surface area contributed by atoms with Gasteiger partial charge in [-0.15, -0.1) is 0 Å². The molecule has 0 spiro atoms. The minimum Gasteiger partial charge on any atom is -0.504 e. The Balaban J connectivity index is 1.93. The summed E-state index contributed by atoms with van der Waals surface area (Å²) < 4.78 is 10.9. The molecule has 0 aliphatic carbocycles. The van der Waals surface area contributed by atoms with Crippen molar-refractivity contribution in [2.75, 3.05) is 6.61 Å². The van der Waals surface area contributed by atoms with Gasteiger partial charge in [-0.2, -0.15) is 0 Å². The van der Waals surface area contributed by atoms with Crippen molar-refractivity contribution in [3.05, 3.63) is 66.7 Å². The molecule has 0 fully saturated rings. The molecule has 2 aromatic carbocycles. The topological polar surface area (TPSA) is 38.7 Å². The number of benzene rings is 2. The minimum atomic E-state index is 0.147. The highest BCUT2D eigenvalue weighted by Crippen LogP contribution is 2.25. The molecule has 0 atom stereocenters. The lowest BCUT2D eigenvalue weighted by Crippen LogP contribution is -1.96. The summed E-state index contributed by atoms with van der Waals surface area (Å²) in [6.45, 7) is 4.49. The van der Waals surface area contributed by atoms with Gasteiger partial charge in [-0.25, -0.2) is 0 Å². The van der Waals surface area contributed by atoms with Crippen molar-refractivity contribution in [3.63, 3.8) is 0 Å². The maximum absolute atomic E-state index is 9.58. The lowest BCUT2D eigenvalue weighted by molar-refractivity contribution is 0.288. The van der Waals surface area contributed by atoms with E-state index in [4.69, 9.17) is 9.47 Å². The molecule has 0 saturated heterocycles. The lowest BCUT2D eigenvalue weighted by Gasteiger charge is -2.08. The number of para-hydroxylation sites is 2. The number of hydrogen-bond donors (Lipinski definition) is 1. The summed E-state index contributed by atoms with van der Waals surface area (Å²) in [6.07, 6.45) is 1.70. The summed E-state index contributed by atoms with van der Waals surface area (Å²) in [6, 6.07) is 14.5. The molecule has 19 heavy (non-hydrogen) atoms. The number of aromatic hydroxyl groups is 1. The first-order chi connectivity index (χ1) is 9.29. The third-order valence-electron chi connectivity index (χ3n) is 2.55. The molecule has 2 aromatic rings. The van der Waals surface area contributed by atoms with E-state index in [2.05, 4.69) is 6.58 Å². The van der Waals surface area contributed by atoms with Crippen molar-refractivity contribution < 1.29 is 14.6 Å². The zero-order valence-corrected chi connectivity index (χ0v) is 10.6. The SMILES string of the molecule is C=CCOc1ccc(COc2ccccc2O)cc1. The summed E-state index contributed by atoms with van der Waals surface area (Å²) in [5.41, 5.74) is 1.01. The molecule has 1 N–H and O–H groups in total. The van der Waals surface area contributed by atoms with E-state index in [9.17, 15) is 5.11 Å². The zero-order chi connectivity index (χ0) is 13.5. The maximum atomic E-state index is 9.58. The van der Waals surface area contributed by atoms with Crippen molar-refractivity contribution in [2.24, 2.45) is 0 Å². The van der Waals surface area contributed by atoms with Crippen molar-refractivity contribution in [3.8, 4) is 17.2 Å². The van der Waals surface area contributed by atoms with Gasteiger partial charge in [0.25, 0.3) is 0 Å². The minimum absolute atomic E-state index is 0.147. The molecule has 0 saturated carbocycles. The Bertz CT molecular complexity index is 532. The van der Waals surface area contributed by atoms with Gasteiger partial charge >= 0.3 is 0 Å². The highest BCUT2D eigenvalue weighted by molar-refractivity contribution is 5.38. The smallest absolute Gasteiger partial charge is 0.161 e. The third-order valence-corrected chi connectivity index (χ3v) is 2.55. The molecular weight excluding hydrogens is 240 g/mol. The molecule has 0 aliphatic rings. The van der Waals surface area contributed by atoms with E-state index >= 15 is 0 Å². The van der Waals surface area contributed by atoms with Crippen LogP contribution >= 0.6 is 0 Å². The Morgan fingerprint density at radius 3 is 2.42 bits per heavy atom. The van der Waals surface area contributed by atoms with Crippen LogP contribution in [-0.4, -0.2) is 11.7 Å². The number of hydrogen-bond acceptors (Lipinski definition) is 3. The fourth-order valence-electron chi connectivity index (χ4n) is 1.58. The van der Waals surface area contributed by atoms with Crippen LogP contribution in [0.3, 0.4) is 0 Å². The molecule has 0 amide bonds. The molecule has 0 aromatic heterocycles. The summed E-state index contributed by atoms with van der Waals surface area (Å²) in [7, 11) is 0. The molecule has 3 nitrogen and oxygen atoms in total. The van der Waals surface area contributed by atoms with Crippen LogP contribution in [0, 0.1) is 0 Å². The monoisotopic (exact) mass is 256 g/mol. The third kappa shape index (κ3) is 3.78. The molecule has 0 bridgehead atoms. The Morgan fingerprint density at radius 2 is 1.74 bits per heavy atom. The normalized spacial score (nSPS) is 9.89. The van der Waals surface area contributed by atoms with Gasteiger partial charge < -0.3 is 14.6 Å². The molecule has 98 valence electrons. The van der Waals surface area contributed by atoms with Crippen LogP contribution in [-0.2, 0) is 6.61 Å². The van der Waals surface area contributed by atoms with Crippen LogP contribution in [0.25, 0.3) is 0 Å². The molecule has 2 rings (SSSR count). The van der Waals surface area contributed by atoms with Crippen LogP contribution in [0.15, 0.2) is 61.2 Å². The largest absolute Gasteiger partial charge is 0.504 e. The van der Waals surface area contributed by atoms with E-state index in [1.54, 1.807) is 24.3 Å². The average Bonchev–Trinajstić information content (AvgIpc) is 2.45. The summed E-state index contributed by atoms with van der Waals surface area (Å²) in [5, 5.41) is 9.58. The fourth-order valence-corrected chi connectivity index (χ4v) is 1.58. The zero-order valence-electron chi connectivity index (χ0n) is 10.6. The molecule has 0 radical (unpaired) electrons. The predicted octanol–water partition coefficient (Wildman–Crippen LogP) is 3.54. The second-order valence-corrected chi connectivity index (χ2v) is 4.00. The predicted molar refractivity (Wildman–Crippen MR) is 74.6 cm³/mol. The Kier molecular flexibility index (Phi) is 4.45. The second kappa shape index (κ2) is 6.50. The molecule has 3 heteroatoms. The Labute approximate surface area is 112 Å². The van der Waals surface area contributed by atoms with Gasteiger partial charge in [0.05, 0.1) is 0 Å². The van der Waals surface area contributed by atoms with E-state index in [1.165, 1.54) is 0 Å². The first kappa shape index (κ1) is 13.0. The van der Waals surface area contributed by atoms with E-state index in [0.29, 0.717) is 19.0 Å². The van der Waals surface area contributed by atoms with Crippen LogP contribution < -0.4 is 9.47 Å². The quantitative estimate of drug-likeness (QED) is 0.803. The van der Waals surface area contributed by atoms with E-state index in [-0.39, 0.29) is 5.75 Å². The van der Waals surface area contributed by atoms with Crippen LogP contribution in [0.2, 0.25) is 0 Å². The number of phenols is 1. The van der Waals surface area contributed by atoms with Crippen molar-refractivity contribution in [1.82, 2.24) is 0 Å². The average molecular weight is 256 g/mol. The van der Waals surface area contributed by atoms with Gasteiger partial charge in [0.1, 0.15) is 19.0 Å². The summed E-state index contributed by atoms with van der Waals surface area (Å²) in [4.78, 5) is 0. The van der Waals surface area contributed by atoms with Crippen LogP contribution in [0.1, 0.15) is 5.56 Å². The first-order valence-electron chi connectivity index (χ1n) is 6.03. The van der Waals surface area contributed by atoms with Gasteiger partial charge in [-0.05, 0) is 29.8 Å². The fraction of sp³-hybridized carbons (Fsp3) is 0.125.